The summed E-state index contributed by atoms with van der Waals surface area (Å²) < 4.78 is 11.5. The Labute approximate surface area is 202 Å². The summed E-state index contributed by atoms with van der Waals surface area (Å²) in [6.45, 7) is 0. The molecule has 0 aliphatic rings. The Kier molecular flexibility index (Phi) is 7.55. The standard InChI is InChI=1S/C27H22ClNO3S/c1-31-25-14-12-19(16-20(25)18-33-23-10-6-3-7-11-23)27(30)29-24-17-21(28)13-15-26(24)32-22-8-4-2-5-9-22/h2-17H,18H2,1H3,(H,29,30). The van der Waals surface area contributed by atoms with E-state index in [1.807, 2.05) is 60.7 Å². The first kappa shape index (κ1) is 22.8. The largest absolute Gasteiger partial charge is 0.496 e. The van der Waals surface area contributed by atoms with E-state index in [0.29, 0.717) is 33.5 Å². The molecule has 0 saturated heterocycles. The Morgan fingerprint density at radius 3 is 2.30 bits per heavy atom. The number of benzene rings is 4. The van der Waals surface area contributed by atoms with Crippen LogP contribution >= 0.6 is 23.4 Å². The van der Waals surface area contributed by atoms with E-state index in [1.54, 1.807) is 43.1 Å². The van der Waals surface area contributed by atoms with Crippen LogP contribution in [-0.2, 0) is 5.75 Å². The molecule has 4 rings (SSSR count). The van der Waals surface area contributed by atoms with Gasteiger partial charge in [0.05, 0.1) is 12.8 Å². The van der Waals surface area contributed by atoms with Gasteiger partial charge in [0.25, 0.3) is 5.91 Å². The Hall–Kier alpha value is -3.41. The number of hydrogen-bond donors (Lipinski definition) is 1. The summed E-state index contributed by atoms with van der Waals surface area (Å²) in [6, 6.07) is 30.0. The minimum absolute atomic E-state index is 0.260. The van der Waals surface area contributed by atoms with Gasteiger partial charge in [-0.25, -0.2) is 0 Å². The first-order valence-electron chi connectivity index (χ1n) is 10.3. The highest BCUT2D eigenvalue weighted by molar-refractivity contribution is 7.98. The molecule has 0 aromatic heterocycles. The summed E-state index contributed by atoms with van der Waals surface area (Å²) in [5.74, 6) is 2.33. The number of amides is 1. The zero-order chi connectivity index (χ0) is 23.0. The number of ether oxygens (including phenoxy) is 2. The predicted molar refractivity (Wildman–Crippen MR) is 135 cm³/mol. The van der Waals surface area contributed by atoms with Gasteiger partial charge in [-0.3, -0.25) is 4.79 Å². The van der Waals surface area contributed by atoms with Gasteiger partial charge in [-0.05, 0) is 60.7 Å². The topological polar surface area (TPSA) is 47.6 Å². The lowest BCUT2D eigenvalue weighted by atomic mass is 10.1. The van der Waals surface area contributed by atoms with Crippen molar-refractivity contribution < 1.29 is 14.3 Å². The van der Waals surface area contributed by atoms with E-state index in [9.17, 15) is 4.79 Å². The molecule has 6 heteroatoms. The maximum absolute atomic E-state index is 13.1. The van der Waals surface area contributed by atoms with Crippen LogP contribution < -0.4 is 14.8 Å². The highest BCUT2D eigenvalue weighted by Crippen LogP contribution is 2.33. The van der Waals surface area contributed by atoms with Crippen molar-refractivity contribution in [1.29, 1.82) is 0 Å². The highest BCUT2D eigenvalue weighted by Gasteiger charge is 2.14. The van der Waals surface area contributed by atoms with Crippen LogP contribution in [0, 0.1) is 0 Å². The number of anilines is 1. The maximum atomic E-state index is 13.1. The van der Waals surface area contributed by atoms with Gasteiger partial charge < -0.3 is 14.8 Å². The fourth-order valence-corrected chi connectivity index (χ4v) is 4.28. The van der Waals surface area contributed by atoms with Gasteiger partial charge in [-0.2, -0.15) is 0 Å². The number of hydrogen-bond acceptors (Lipinski definition) is 4. The van der Waals surface area contributed by atoms with E-state index < -0.39 is 0 Å². The van der Waals surface area contributed by atoms with Crippen molar-refractivity contribution in [2.45, 2.75) is 10.6 Å². The molecule has 4 nitrogen and oxygen atoms in total. The Bertz CT molecular complexity index is 1230. The molecule has 0 saturated carbocycles. The lowest BCUT2D eigenvalue weighted by molar-refractivity contribution is 0.102. The van der Waals surface area contributed by atoms with E-state index in [4.69, 9.17) is 21.1 Å². The van der Waals surface area contributed by atoms with E-state index >= 15 is 0 Å². The van der Waals surface area contributed by atoms with Gasteiger partial charge in [0.2, 0.25) is 0 Å². The van der Waals surface area contributed by atoms with E-state index in [0.717, 1.165) is 16.2 Å². The average Bonchev–Trinajstić information content (AvgIpc) is 2.85. The first-order valence-corrected chi connectivity index (χ1v) is 11.7. The molecule has 0 spiro atoms. The molecule has 33 heavy (non-hydrogen) atoms. The van der Waals surface area contributed by atoms with Crippen LogP contribution in [0.5, 0.6) is 17.2 Å². The summed E-state index contributed by atoms with van der Waals surface area (Å²) in [7, 11) is 1.63. The zero-order valence-corrected chi connectivity index (χ0v) is 19.5. The number of thioether (sulfide) groups is 1. The molecular weight excluding hydrogens is 454 g/mol. The monoisotopic (exact) mass is 475 g/mol. The van der Waals surface area contributed by atoms with Crippen molar-refractivity contribution in [1.82, 2.24) is 0 Å². The summed E-state index contributed by atoms with van der Waals surface area (Å²) in [4.78, 5) is 14.2. The Morgan fingerprint density at radius 1 is 0.879 bits per heavy atom. The van der Waals surface area contributed by atoms with Crippen LogP contribution in [0.1, 0.15) is 15.9 Å². The van der Waals surface area contributed by atoms with Crippen LogP contribution in [0.2, 0.25) is 5.02 Å². The van der Waals surface area contributed by atoms with E-state index in [2.05, 4.69) is 17.4 Å². The fourth-order valence-electron chi connectivity index (χ4n) is 3.21. The third-order valence-corrected chi connectivity index (χ3v) is 6.14. The first-order chi connectivity index (χ1) is 16.1. The summed E-state index contributed by atoms with van der Waals surface area (Å²) >= 11 is 7.87. The molecule has 0 bridgehead atoms. The van der Waals surface area contributed by atoms with Crippen LogP contribution in [0.4, 0.5) is 5.69 Å². The van der Waals surface area contributed by atoms with Gasteiger partial charge in [0.15, 0.2) is 5.75 Å². The highest BCUT2D eigenvalue weighted by atomic mass is 35.5. The van der Waals surface area contributed by atoms with Gasteiger partial charge >= 0.3 is 0 Å². The smallest absolute Gasteiger partial charge is 0.255 e. The van der Waals surface area contributed by atoms with E-state index in [1.165, 1.54) is 0 Å². The molecule has 0 aliphatic carbocycles. The summed E-state index contributed by atoms with van der Waals surface area (Å²) in [5.41, 5.74) is 1.95. The van der Waals surface area contributed by atoms with Crippen LogP contribution in [0.15, 0.2) is 102 Å². The van der Waals surface area contributed by atoms with Crippen molar-refractivity contribution in [3.63, 3.8) is 0 Å². The third-order valence-electron chi connectivity index (χ3n) is 4.84. The second kappa shape index (κ2) is 10.9. The lowest BCUT2D eigenvalue weighted by Gasteiger charge is -2.14. The van der Waals surface area contributed by atoms with Gasteiger partial charge in [0.1, 0.15) is 11.5 Å². The lowest BCUT2D eigenvalue weighted by Crippen LogP contribution is -2.13. The summed E-state index contributed by atoms with van der Waals surface area (Å²) in [5, 5.41) is 3.43. The normalized spacial score (nSPS) is 10.5. The molecule has 0 fully saturated rings. The van der Waals surface area contributed by atoms with Gasteiger partial charge in [0, 0.05) is 26.8 Å². The molecule has 1 amide bonds. The average molecular weight is 476 g/mol. The number of rotatable bonds is 8. The van der Waals surface area contributed by atoms with Crippen molar-refractivity contribution in [3.8, 4) is 17.2 Å². The Balaban J connectivity index is 1.54. The van der Waals surface area contributed by atoms with Gasteiger partial charge in [-0.15, -0.1) is 11.8 Å². The third kappa shape index (κ3) is 6.09. The van der Waals surface area contributed by atoms with Crippen molar-refractivity contribution in [2.24, 2.45) is 0 Å². The van der Waals surface area contributed by atoms with Crippen molar-refractivity contribution in [2.75, 3.05) is 12.4 Å². The Morgan fingerprint density at radius 2 is 1.58 bits per heavy atom. The number of carbonyl (C=O) groups excluding carboxylic acids is 1. The second-order valence-corrected chi connectivity index (χ2v) is 8.62. The molecule has 0 unspecified atom stereocenters. The predicted octanol–water partition coefficient (Wildman–Crippen LogP) is 7.69. The summed E-state index contributed by atoms with van der Waals surface area (Å²) in [6.07, 6.45) is 0. The molecule has 0 radical (unpaired) electrons. The maximum Gasteiger partial charge on any atom is 0.255 e. The van der Waals surface area contributed by atoms with Crippen LogP contribution in [-0.4, -0.2) is 13.0 Å². The minimum Gasteiger partial charge on any atom is -0.496 e. The molecule has 166 valence electrons. The molecule has 1 N–H and O–H groups in total. The molecule has 0 aliphatic heterocycles. The number of halogens is 1. The molecular formula is C27H22ClNO3S. The molecule has 4 aromatic carbocycles. The second-order valence-electron chi connectivity index (χ2n) is 7.14. The van der Waals surface area contributed by atoms with Gasteiger partial charge in [-0.1, -0.05) is 48.0 Å². The molecule has 4 aromatic rings. The van der Waals surface area contributed by atoms with Crippen molar-refractivity contribution in [3.05, 3.63) is 113 Å². The molecule has 0 atom stereocenters. The SMILES string of the molecule is COc1ccc(C(=O)Nc2cc(Cl)ccc2Oc2ccccc2)cc1CSc1ccccc1. The van der Waals surface area contributed by atoms with Crippen molar-refractivity contribution >= 4 is 35.0 Å². The minimum atomic E-state index is -0.260. The van der Waals surface area contributed by atoms with Crippen LogP contribution in [0.25, 0.3) is 0 Å². The molecule has 0 heterocycles. The number of para-hydroxylation sites is 1. The van der Waals surface area contributed by atoms with Crippen LogP contribution in [0.3, 0.4) is 0 Å². The zero-order valence-electron chi connectivity index (χ0n) is 18.0. The quantitative estimate of drug-likeness (QED) is 0.265. The van der Waals surface area contributed by atoms with E-state index in [-0.39, 0.29) is 5.91 Å². The number of carbonyl (C=O) groups is 1. The fraction of sp³-hybridized carbons (Fsp3) is 0.0741. The number of methoxy groups -OCH3 is 1. The number of nitrogens with one attached hydrogen (secondary N) is 1.